The molecule has 0 spiro atoms. The summed E-state index contributed by atoms with van der Waals surface area (Å²) in [7, 11) is 1.62. The minimum Gasteiger partial charge on any atom is -0.374 e. The molecule has 6 aromatic carbocycles. The molecular formula is C55H60O10. The normalized spacial score (nSPS) is 24.4. The molecule has 2 fully saturated rings. The van der Waals surface area contributed by atoms with Crippen molar-refractivity contribution in [1.82, 2.24) is 0 Å². The monoisotopic (exact) mass is 880 g/mol. The van der Waals surface area contributed by atoms with Crippen LogP contribution in [0.5, 0.6) is 0 Å². The van der Waals surface area contributed by atoms with E-state index in [2.05, 4.69) is 24.3 Å². The Hall–Kier alpha value is -5.08. The van der Waals surface area contributed by atoms with Crippen LogP contribution in [-0.2, 0) is 87.0 Å². The number of methoxy groups -OCH3 is 1. The first-order valence-electron chi connectivity index (χ1n) is 22.5. The van der Waals surface area contributed by atoms with Gasteiger partial charge in [0, 0.05) is 13.5 Å². The molecule has 0 aliphatic carbocycles. The standard InChI is InChI=1S/C55H60O10/c1-56-55-54(63-38-46-30-18-7-19-31-46)53(62-37-45-28-16-6-17-29-45)52(61-36-44-26-14-5-15-27-44)49(65-55)40-59-50-32-47(58-34-42-22-10-3-11-23-42)51(60-35-43-24-12-4-13-25-43)48(64-50)39-57-33-41-20-8-2-9-21-41/h2-31,47-55H,32-40H2,1H3/t47-,48-,49-,50+,51+,52-,53+,54+,55+/m1/s1. The minimum absolute atomic E-state index is 0.0964. The zero-order valence-corrected chi connectivity index (χ0v) is 37.0. The lowest BCUT2D eigenvalue weighted by molar-refractivity contribution is -0.334. The third-order valence-corrected chi connectivity index (χ3v) is 11.6. The number of rotatable bonds is 23. The summed E-state index contributed by atoms with van der Waals surface area (Å²) in [5, 5.41) is 0. The van der Waals surface area contributed by atoms with Crippen LogP contribution >= 0.6 is 0 Å². The van der Waals surface area contributed by atoms with Gasteiger partial charge in [-0.05, 0) is 33.4 Å². The van der Waals surface area contributed by atoms with Crippen molar-refractivity contribution in [1.29, 1.82) is 0 Å². The van der Waals surface area contributed by atoms with E-state index in [9.17, 15) is 0 Å². The fourth-order valence-corrected chi connectivity index (χ4v) is 8.19. The van der Waals surface area contributed by atoms with Crippen LogP contribution in [0.4, 0.5) is 0 Å². The molecule has 2 aliphatic rings. The average Bonchev–Trinajstić information content (AvgIpc) is 3.37. The zero-order chi connectivity index (χ0) is 44.3. The Morgan fingerprint density at radius 1 is 0.369 bits per heavy atom. The Morgan fingerprint density at radius 3 is 1.18 bits per heavy atom. The van der Waals surface area contributed by atoms with Crippen LogP contribution in [0.1, 0.15) is 39.8 Å². The molecule has 10 heteroatoms. The molecular weight excluding hydrogens is 821 g/mol. The smallest absolute Gasteiger partial charge is 0.186 e. The van der Waals surface area contributed by atoms with Crippen LogP contribution in [-0.4, -0.2) is 75.6 Å². The second kappa shape index (κ2) is 25.0. The quantitative estimate of drug-likeness (QED) is 0.0620. The van der Waals surface area contributed by atoms with Crippen molar-refractivity contribution < 1.29 is 47.4 Å². The largest absolute Gasteiger partial charge is 0.374 e. The van der Waals surface area contributed by atoms with Crippen LogP contribution < -0.4 is 0 Å². The van der Waals surface area contributed by atoms with Gasteiger partial charge in [0.1, 0.15) is 36.6 Å². The highest BCUT2D eigenvalue weighted by Crippen LogP contribution is 2.33. The van der Waals surface area contributed by atoms with E-state index in [1.54, 1.807) is 7.11 Å². The third kappa shape index (κ3) is 14.0. The van der Waals surface area contributed by atoms with E-state index >= 15 is 0 Å². The predicted molar refractivity (Wildman–Crippen MR) is 246 cm³/mol. The lowest BCUT2D eigenvalue weighted by Gasteiger charge is -2.46. The molecule has 0 radical (unpaired) electrons. The van der Waals surface area contributed by atoms with E-state index in [4.69, 9.17) is 47.4 Å². The van der Waals surface area contributed by atoms with Crippen molar-refractivity contribution in [2.45, 2.75) is 101 Å². The Bertz CT molecular complexity index is 2190. The van der Waals surface area contributed by atoms with Crippen LogP contribution in [0.2, 0.25) is 0 Å². The summed E-state index contributed by atoms with van der Waals surface area (Å²) in [4.78, 5) is 0. The molecule has 2 heterocycles. The molecule has 65 heavy (non-hydrogen) atoms. The van der Waals surface area contributed by atoms with Crippen LogP contribution in [0.25, 0.3) is 0 Å². The summed E-state index contributed by atoms with van der Waals surface area (Å²) in [5.74, 6) is 0. The van der Waals surface area contributed by atoms with E-state index < -0.39 is 55.3 Å². The molecule has 0 amide bonds. The first-order chi connectivity index (χ1) is 32.2. The molecule has 0 bridgehead atoms. The Morgan fingerprint density at radius 2 is 0.738 bits per heavy atom. The van der Waals surface area contributed by atoms with Crippen LogP contribution in [0.3, 0.4) is 0 Å². The van der Waals surface area contributed by atoms with Crippen LogP contribution in [0, 0.1) is 0 Å². The Kier molecular flexibility index (Phi) is 17.9. The Labute approximate surface area is 383 Å². The maximum atomic E-state index is 6.84. The average molecular weight is 881 g/mol. The molecule has 6 aromatic rings. The van der Waals surface area contributed by atoms with E-state index in [0.717, 1.165) is 33.4 Å². The van der Waals surface area contributed by atoms with Gasteiger partial charge in [0.25, 0.3) is 0 Å². The Balaban J connectivity index is 1.05. The zero-order valence-electron chi connectivity index (χ0n) is 37.0. The predicted octanol–water partition coefficient (Wildman–Crippen LogP) is 9.63. The molecule has 10 nitrogen and oxygen atoms in total. The summed E-state index contributed by atoms with van der Waals surface area (Å²) in [6, 6.07) is 60.6. The molecule has 0 aromatic heterocycles. The number of ether oxygens (including phenoxy) is 10. The van der Waals surface area contributed by atoms with E-state index in [-0.39, 0.29) is 13.2 Å². The molecule has 0 saturated carbocycles. The van der Waals surface area contributed by atoms with Crippen molar-refractivity contribution in [3.63, 3.8) is 0 Å². The van der Waals surface area contributed by atoms with Crippen LogP contribution in [0.15, 0.2) is 182 Å². The highest BCUT2D eigenvalue weighted by Gasteiger charge is 2.50. The van der Waals surface area contributed by atoms with Gasteiger partial charge < -0.3 is 47.4 Å². The summed E-state index contributed by atoms with van der Waals surface area (Å²) >= 11 is 0. The maximum absolute atomic E-state index is 6.84. The number of hydrogen-bond acceptors (Lipinski definition) is 10. The maximum Gasteiger partial charge on any atom is 0.186 e. The van der Waals surface area contributed by atoms with Gasteiger partial charge in [0.2, 0.25) is 0 Å². The van der Waals surface area contributed by atoms with Gasteiger partial charge >= 0.3 is 0 Å². The molecule has 2 aliphatic heterocycles. The molecule has 8 rings (SSSR count). The van der Waals surface area contributed by atoms with Gasteiger partial charge in [0.05, 0.1) is 59.0 Å². The third-order valence-electron chi connectivity index (χ3n) is 11.6. The highest BCUT2D eigenvalue weighted by atomic mass is 16.7. The fourth-order valence-electron chi connectivity index (χ4n) is 8.19. The van der Waals surface area contributed by atoms with E-state index in [1.165, 1.54) is 0 Å². The van der Waals surface area contributed by atoms with Crippen molar-refractivity contribution in [2.75, 3.05) is 20.3 Å². The fraction of sp³-hybridized carbons (Fsp3) is 0.345. The summed E-state index contributed by atoms with van der Waals surface area (Å²) in [6.07, 6.45) is -5.02. The first-order valence-corrected chi connectivity index (χ1v) is 22.5. The molecule has 2 saturated heterocycles. The highest BCUT2D eigenvalue weighted by molar-refractivity contribution is 5.18. The molecule has 0 unspecified atom stereocenters. The second-order valence-electron chi connectivity index (χ2n) is 16.3. The lowest BCUT2D eigenvalue weighted by Crippen LogP contribution is -2.62. The first kappa shape index (κ1) is 46.4. The van der Waals surface area contributed by atoms with Crippen molar-refractivity contribution in [3.8, 4) is 0 Å². The molecule has 9 atom stereocenters. The number of benzene rings is 6. The summed E-state index contributed by atoms with van der Waals surface area (Å²) in [5.41, 5.74) is 6.22. The SMILES string of the molecule is CO[C@H]1O[C@H](CO[C@@H]2C[C@@H](OCc3ccccc3)[C@H](OCc3ccccc3)[C@@H](COCc3ccccc3)O2)[C@@H](OCc2ccccc2)[C@H](OCc2ccccc2)[C@@H]1OCc1ccccc1. The molecule has 340 valence electrons. The van der Waals surface area contributed by atoms with Gasteiger partial charge in [-0.3, -0.25) is 0 Å². The van der Waals surface area contributed by atoms with Gasteiger partial charge in [-0.1, -0.05) is 182 Å². The van der Waals surface area contributed by atoms with Gasteiger partial charge in [0.15, 0.2) is 12.6 Å². The van der Waals surface area contributed by atoms with E-state index in [0.29, 0.717) is 46.1 Å². The lowest BCUT2D eigenvalue weighted by atomic mass is 9.97. The van der Waals surface area contributed by atoms with E-state index in [1.807, 2.05) is 158 Å². The molecule has 0 N–H and O–H groups in total. The second-order valence-corrected chi connectivity index (χ2v) is 16.3. The van der Waals surface area contributed by atoms with Crippen molar-refractivity contribution >= 4 is 0 Å². The topological polar surface area (TPSA) is 92.3 Å². The van der Waals surface area contributed by atoms with Crippen molar-refractivity contribution in [3.05, 3.63) is 215 Å². The number of hydrogen-bond donors (Lipinski definition) is 0. The summed E-state index contributed by atoms with van der Waals surface area (Å²) in [6.45, 7) is 2.51. The van der Waals surface area contributed by atoms with Gasteiger partial charge in [-0.2, -0.15) is 0 Å². The van der Waals surface area contributed by atoms with Gasteiger partial charge in [-0.25, -0.2) is 0 Å². The minimum atomic E-state index is -0.797. The summed E-state index contributed by atoms with van der Waals surface area (Å²) < 4.78 is 66.6. The van der Waals surface area contributed by atoms with Crippen molar-refractivity contribution in [2.24, 2.45) is 0 Å². The van der Waals surface area contributed by atoms with Gasteiger partial charge in [-0.15, -0.1) is 0 Å².